The predicted octanol–water partition coefficient (Wildman–Crippen LogP) is 1.85. The number of amides is 1. The van der Waals surface area contributed by atoms with Gasteiger partial charge in [-0.2, -0.15) is 0 Å². The number of nitrogens with one attached hydrogen (secondary N) is 1. The van der Waals surface area contributed by atoms with Gasteiger partial charge in [-0.15, -0.1) is 11.3 Å². The lowest BCUT2D eigenvalue weighted by Gasteiger charge is -2.23. The smallest absolute Gasteiger partial charge is 0.241 e. The first kappa shape index (κ1) is 17.6. The molecule has 23 heavy (non-hydrogen) atoms. The van der Waals surface area contributed by atoms with Crippen LogP contribution in [0.1, 0.15) is 11.8 Å². The zero-order valence-corrected chi connectivity index (χ0v) is 14.5. The van der Waals surface area contributed by atoms with Gasteiger partial charge >= 0.3 is 0 Å². The number of sulfonamides is 1. The Bertz CT molecular complexity index is 756. The first-order chi connectivity index (χ1) is 10.8. The van der Waals surface area contributed by atoms with Gasteiger partial charge in [-0.3, -0.25) is 9.69 Å². The quantitative estimate of drug-likeness (QED) is 0.829. The number of rotatable bonds is 6. The maximum Gasteiger partial charge on any atom is 0.241 e. The zero-order chi connectivity index (χ0) is 17.0. The average molecular weight is 353 g/mol. The molecule has 0 saturated carbocycles. The molecule has 2 aromatic rings. The van der Waals surface area contributed by atoms with Crippen LogP contribution in [0, 0.1) is 0 Å². The highest BCUT2D eigenvalue weighted by atomic mass is 32.2. The van der Waals surface area contributed by atoms with Gasteiger partial charge in [-0.25, -0.2) is 13.6 Å². The molecule has 124 valence electrons. The number of carbonyl (C=O) groups excluding carboxylic acids is 1. The molecule has 2 rings (SSSR count). The number of nitrogens with two attached hydrogens (primary N) is 1. The Morgan fingerprint density at radius 2 is 1.96 bits per heavy atom. The normalized spacial score (nSPS) is 13.0. The number of likely N-dealkylation sites (N-methyl/N-ethyl adjacent to an activating group) is 1. The molecule has 0 fully saturated rings. The van der Waals surface area contributed by atoms with E-state index in [-0.39, 0.29) is 16.8 Å². The van der Waals surface area contributed by atoms with E-state index in [1.165, 1.54) is 29.1 Å². The van der Waals surface area contributed by atoms with Crippen LogP contribution in [0.5, 0.6) is 0 Å². The van der Waals surface area contributed by atoms with Crippen molar-refractivity contribution in [3.8, 4) is 0 Å². The van der Waals surface area contributed by atoms with Crippen LogP contribution in [0.2, 0.25) is 0 Å². The van der Waals surface area contributed by atoms with E-state index in [4.69, 9.17) is 5.14 Å². The summed E-state index contributed by atoms with van der Waals surface area (Å²) >= 11 is 1.65. The molecular weight excluding hydrogens is 334 g/mol. The molecule has 1 heterocycles. The van der Waals surface area contributed by atoms with Crippen LogP contribution in [0.3, 0.4) is 0 Å². The fourth-order valence-electron chi connectivity index (χ4n) is 1.96. The summed E-state index contributed by atoms with van der Waals surface area (Å²) in [6, 6.07) is 9.45. The maximum absolute atomic E-state index is 12.3. The monoisotopic (exact) mass is 353 g/mol. The van der Waals surface area contributed by atoms with Crippen molar-refractivity contribution in [2.45, 2.75) is 24.4 Å². The van der Waals surface area contributed by atoms with Crippen LogP contribution >= 0.6 is 11.3 Å². The minimum Gasteiger partial charge on any atom is -0.325 e. The average Bonchev–Trinajstić information content (AvgIpc) is 2.98. The molecule has 0 aliphatic carbocycles. The second-order valence-electron chi connectivity index (χ2n) is 5.23. The fraction of sp³-hybridized carbons (Fsp3) is 0.267. The number of benzene rings is 1. The van der Waals surface area contributed by atoms with Gasteiger partial charge in [0, 0.05) is 17.1 Å². The van der Waals surface area contributed by atoms with Crippen molar-refractivity contribution >= 4 is 33.0 Å². The number of nitrogens with zero attached hydrogens (tertiary/aromatic N) is 1. The van der Waals surface area contributed by atoms with E-state index in [0.29, 0.717) is 12.2 Å². The number of anilines is 1. The van der Waals surface area contributed by atoms with Crippen LogP contribution in [-0.4, -0.2) is 32.3 Å². The Labute approximate surface area is 140 Å². The van der Waals surface area contributed by atoms with E-state index in [2.05, 4.69) is 5.32 Å². The highest BCUT2D eigenvalue weighted by molar-refractivity contribution is 7.89. The number of carbonyl (C=O) groups is 1. The first-order valence-corrected chi connectivity index (χ1v) is 9.36. The van der Waals surface area contributed by atoms with E-state index in [1.807, 2.05) is 36.4 Å². The Morgan fingerprint density at radius 1 is 1.30 bits per heavy atom. The largest absolute Gasteiger partial charge is 0.325 e. The molecule has 0 aliphatic rings. The Hall–Kier alpha value is -1.74. The van der Waals surface area contributed by atoms with Gasteiger partial charge in [0.15, 0.2) is 0 Å². The fourth-order valence-corrected chi connectivity index (χ4v) is 3.24. The molecular formula is C15H19N3O3S2. The highest BCUT2D eigenvalue weighted by Crippen LogP contribution is 2.15. The van der Waals surface area contributed by atoms with Crippen molar-refractivity contribution in [1.82, 2.24) is 4.90 Å². The van der Waals surface area contributed by atoms with Gasteiger partial charge < -0.3 is 5.32 Å². The van der Waals surface area contributed by atoms with E-state index in [1.54, 1.807) is 11.3 Å². The lowest BCUT2D eigenvalue weighted by atomic mass is 10.2. The van der Waals surface area contributed by atoms with E-state index in [0.717, 1.165) is 0 Å². The number of primary sulfonamides is 1. The maximum atomic E-state index is 12.3. The van der Waals surface area contributed by atoms with Crippen LogP contribution in [0.25, 0.3) is 0 Å². The van der Waals surface area contributed by atoms with Gasteiger partial charge in [-0.1, -0.05) is 6.07 Å². The third kappa shape index (κ3) is 4.87. The molecule has 8 heteroatoms. The van der Waals surface area contributed by atoms with Crippen molar-refractivity contribution in [2.75, 3.05) is 12.4 Å². The van der Waals surface area contributed by atoms with Crippen molar-refractivity contribution in [3.05, 3.63) is 46.7 Å². The van der Waals surface area contributed by atoms with Crippen LogP contribution in [0.15, 0.2) is 46.7 Å². The summed E-state index contributed by atoms with van der Waals surface area (Å²) in [6.45, 7) is 2.51. The third-order valence-electron chi connectivity index (χ3n) is 3.48. The number of hydrogen-bond donors (Lipinski definition) is 2. The minimum absolute atomic E-state index is 0.0124. The number of thiophene rings is 1. The van der Waals surface area contributed by atoms with E-state index >= 15 is 0 Å². The highest BCUT2D eigenvalue weighted by Gasteiger charge is 2.18. The van der Waals surface area contributed by atoms with Gasteiger partial charge in [0.25, 0.3) is 0 Å². The summed E-state index contributed by atoms with van der Waals surface area (Å²) < 4.78 is 22.4. The molecule has 0 saturated heterocycles. The lowest BCUT2D eigenvalue weighted by molar-refractivity contribution is -0.120. The second kappa shape index (κ2) is 7.22. The molecule has 1 amide bonds. The topological polar surface area (TPSA) is 92.5 Å². The number of hydrogen-bond acceptors (Lipinski definition) is 5. The SMILES string of the molecule is C[C@@H](C(=O)Nc1ccc(S(N)(=O)=O)cc1)N(C)Cc1cccs1. The zero-order valence-electron chi connectivity index (χ0n) is 12.9. The van der Waals surface area contributed by atoms with Crippen molar-refractivity contribution < 1.29 is 13.2 Å². The molecule has 1 aromatic heterocycles. The van der Waals surface area contributed by atoms with Gasteiger partial charge in [0.05, 0.1) is 10.9 Å². The van der Waals surface area contributed by atoms with Crippen molar-refractivity contribution in [1.29, 1.82) is 0 Å². The van der Waals surface area contributed by atoms with Crippen molar-refractivity contribution in [2.24, 2.45) is 5.14 Å². The molecule has 0 unspecified atom stereocenters. The Kier molecular flexibility index (Phi) is 5.53. The summed E-state index contributed by atoms with van der Waals surface area (Å²) in [5.41, 5.74) is 0.527. The molecule has 0 radical (unpaired) electrons. The third-order valence-corrected chi connectivity index (χ3v) is 5.27. The van der Waals surface area contributed by atoms with Gasteiger partial charge in [-0.05, 0) is 49.7 Å². The molecule has 6 nitrogen and oxygen atoms in total. The molecule has 0 spiro atoms. The summed E-state index contributed by atoms with van der Waals surface area (Å²) in [7, 11) is -1.84. The van der Waals surface area contributed by atoms with Crippen molar-refractivity contribution in [3.63, 3.8) is 0 Å². The van der Waals surface area contributed by atoms with Gasteiger partial charge in [0.2, 0.25) is 15.9 Å². The van der Waals surface area contributed by atoms with Crippen LogP contribution in [-0.2, 0) is 21.4 Å². The summed E-state index contributed by atoms with van der Waals surface area (Å²) in [4.78, 5) is 15.4. The van der Waals surface area contributed by atoms with E-state index in [9.17, 15) is 13.2 Å². The van der Waals surface area contributed by atoms with Crippen LogP contribution < -0.4 is 10.5 Å². The molecule has 0 bridgehead atoms. The summed E-state index contributed by atoms with van der Waals surface area (Å²) in [6.07, 6.45) is 0. The molecule has 0 aliphatic heterocycles. The summed E-state index contributed by atoms with van der Waals surface area (Å²) in [5, 5.41) is 9.81. The van der Waals surface area contributed by atoms with E-state index < -0.39 is 10.0 Å². The lowest BCUT2D eigenvalue weighted by Crippen LogP contribution is -2.39. The van der Waals surface area contributed by atoms with Crippen LogP contribution in [0.4, 0.5) is 5.69 Å². The standard InChI is InChI=1S/C15H19N3O3S2/c1-11(18(2)10-13-4-3-9-22-13)15(19)17-12-5-7-14(8-6-12)23(16,20)21/h3-9,11H,10H2,1-2H3,(H,17,19)(H2,16,20,21)/t11-/m0/s1. The van der Waals surface area contributed by atoms with Gasteiger partial charge in [0.1, 0.15) is 0 Å². The second-order valence-corrected chi connectivity index (χ2v) is 7.82. The Balaban J connectivity index is 1.97. The predicted molar refractivity (Wildman–Crippen MR) is 91.7 cm³/mol. The summed E-state index contributed by atoms with van der Waals surface area (Å²) in [5.74, 6) is -0.160. The molecule has 1 atom stereocenters. The minimum atomic E-state index is -3.73. The Morgan fingerprint density at radius 3 is 2.48 bits per heavy atom. The first-order valence-electron chi connectivity index (χ1n) is 6.94. The molecule has 1 aromatic carbocycles. The molecule has 3 N–H and O–H groups in total.